The van der Waals surface area contributed by atoms with Crippen molar-refractivity contribution in [3.05, 3.63) is 59.0 Å². The zero-order chi connectivity index (χ0) is 21.1. The smallest absolute Gasteiger partial charge is 0.344 e. The van der Waals surface area contributed by atoms with Crippen molar-refractivity contribution >= 4 is 11.0 Å². The van der Waals surface area contributed by atoms with Gasteiger partial charge in [-0.05, 0) is 49.7 Å². The highest BCUT2D eigenvalue weighted by Crippen LogP contribution is 2.25. The van der Waals surface area contributed by atoms with Crippen molar-refractivity contribution in [3.8, 4) is 22.6 Å². The predicted octanol–water partition coefficient (Wildman–Crippen LogP) is 3.96. The van der Waals surface area contributed by atoms with Crippen LogP contribution in [0.3, 0.4) is 0 Å². The Morgan fingerprint density at radius 1 is 1.00 bits per heavy atom. The van der Waals surface area contributed by atoms with E-state index in [0.29, 0.717) is 23.5 Å². The Morgan fingerprint density at radius 3 is 2.40 bits per heavy atom. The van der Waals surface area contributed by atoms with E-state index >= 15 is 0 Å². The highest BCUT2D eigenvalue weighted by Gasteiger charge is 2.21. The Hall–Kier alpha value is -2.83. The van der Waals surface area contributed by atoms with Crippen molar-refractivity contribution in [2.75, 3.05) is 33.4 Å². The monoisotopic (exact) mass is 409 g/mol. The molecule has 0 unspecified atom stereocenters. The number of hydrogen-bond donors (Lipinski definition) is 0. The number of hydrogen-bond acceptors (Lipinski definition) is 6. The predicted molar refractivity (Wildman–Crippen MR) is 116 cm³/mol. The summed E-state index contributed by atoms with van der Waals surface area (Å²) in [6.07, 6.45) is 0.479. The topological polar surface area (TPSA) is 61.1 Å². The first-order valence-electron chi connectivity index (χ1n) is 10.2. The van der Waals surface area contributed by atoms with Crippen LogP contribution in [0.4, 0.5) is 0 Å². The van der Waals surface area contributed by atoms with Crippen LogP contribution in [0, 0.1) is 0 Å². The van der Waals surface area contributed by atoms with Crippen LogP contribution in [-0.2, 0) is 4.74 Å². The molecule has 1 aliphatic rings. The number of rotatable bonds is 6. The molecule has 2 heterocycles. The standard InChI is InChI=1S/C24H27NO5/c1-16-14-25(15-17(2)29-16)10-11-28-21-9-6-19-12-22(24(26)30-23(19)13-21)18-4-7-20(27-3)8-5-18/h4-9,12-13,16-17H,10-11,14-15H2,1-3H3/t16-,17-/m0/s1. The molecule has 4 rings (SSSR count). The van der Waals surface area contributed by atoms with E-state index < -0.39 is 0 Å². The molecule has 0 saturated carbocycles. The first kappa shape index (κ1) is 20.4. The Kier molecular flexibility index (Phi) is 6.06. The normalized spacial score (nSPS) is 19.7. The maximum absolute atomic E-state index is 12.5. The van der Waals surface area contributed by atoms with Crippen molar-refractivity contribution in [2.45, 2.75) is 26.1 Å². The van der Waals surface area contributed by atoms with Gasteiger partial charge in [0.1, 0.15) is 23.7 Å². The summed E-state index contributed by atoms with van der Waals surface area (Å²) in [6, 6.07) is 14.8. The number of morpholine rings is 1. The largest absolute Gasteiger partial charge is 0.497 e. The van der Waals surface area contributed by atoms with Gasteiger partial charge in [0, 0.05) is 31.1 Å². The Balaban J connectivity index is 1.46. The molecule has 0 aliphatic carbocycles. The number of fused-ring (bicyclic) bond motifs is 1. The van der Waals surface area contributed by atoms with Gasteiger partial charge in [-0.15, -0.1) is 0 Å². The average Bonchev–Trinajstić information content (AvgIpc) is 2.72. The van der Waals surface area contributed by atoms with Gasteiger partial charge in [0.2, 0.25) is 0 Å². The molecule has 6 nitrogen and oxygen atoms in total. The van der Waals surface area contributed by atoms with E-state index in [9.17, 15) is 4.79 Å². The van der Waals surface area contributed by atoms with Gasteiger partial charge >= 0.3 is 5.63 Å². The highest BCUT2D eigenvalue weighted by atomic mass is 16.5. The van der Waals surface area contributed by atoms with Gasteiger partial charge < -0.3 is 18.6 Å². The molecule has 6 heteroatoms. The second kappa shape index (κ2) is 8.90. The minimum absolute atomic E-state index is 0.239. The molecule has 0 N–H and O–H groups in total. The summed E-state index contributed by atoms with van der Waals surface area (Å²) in [5.74, 6) is 1.43. The van der Waals surface area contributed by atoms with Crippen molar-refractivity contribution < 1.29 is 18.6 Å². The Morgan fingerprint density at radius 2 is 1.70 bits per heavy atom. The van der Waals surface area contributed by atoms with Crippen LogP contribution in [0.1, 0.15) is 13.8 Å². The van der Waals surface area contributed by atoms with E-state index in [2.05, 4.69) is 18.7 Å². The van der Waals surface area contributed by atoms with Crippen LogP contribution < -0.4 is 15.1 Å². The lowest BCUT2D eigenvalue weighted by Gasteiger charge is -2.35. The molecule has 2 atom stereocenters. The van der Waals surface area contributed by atoms with Crippen molar-refractivity contribution in [1.29, 1.82) is 0 Å². The molecule has 0 spiro atoms. The molecule has 1 saturated heterocycles. The minimum Gasteiger partial charge on any atom is -0.497 e. The number of nitrogens with zero attached hydrogens (tertiary/aromatic N) is 1. The Labute approximate surface area is 176 Å². The summed E-state index contributed by atoms with van der Waals surface area (Å²) in [4.78, 5) is 14.9. The summed E-state index contributed by atoms with van der Waals surface area (Å²) in [6.45, 7) is 7.41. The SMILES string of the molecule is COc1ccc(-c2cc3ccc(OCCN4C[C@H](C)O[C@@H](C)C4)cc3oc2=O)cc1. The highest BCUT2D eigenvalue weighted by molar-refractivity contribution is 5.82. The van der Waals surface area contributed by atoms with Crippen molar-refractivity contribution in [3.63, 3.8) is 0 Å². The molecule has 3 aromatic rings. The lowest BCUT2D eigenvalue weighted by atomic mass is 10.1. The van der Waals surface area contributed by atoms with E-state index in [0.717, 1.165) is 36.3 Å². The third-order valence-electron chi connectivity index (χ3n) is 5.28. The fourth-order valence-corrected chi connectivity index (χ4v) is 3.91. The molecule has 1 aromatic heterocycles. The summed E-state index contributed by atoms with van der Waals surface area (Å²) in [5.41, 5.74) is 1.46. The zero-order valence-electron chi connectivity index (χ0n) is 17.6. The minimum atomic E-state index is -0.374. The molecule has 158 valence electrons. The van der Waals surface area contributed by atoms with Crippen LogP contribution in [0.25, 0.3) is 22.1 Å². The number of ether oxygens (including phenoxy) is 3. The fraction of sp³-hybridized carbons (Fsp3) is 0.375. The van der Waals surface area contributed by atoms with Gasteiger partial charge in [-0.3, -0.25) is 4.90 Å². The zero-order valence-corrected chi connectivity index (χ0v) is 17.6. The van der Waals surface area contributed by atoms with Crippen molar-refractivity contribution in [2.24, 2.45) is 0 Å². The van der Waals surface area contributed by atoms with Crippen LogP contribution >= 0.6 is 0 Å². The van der Waals surface area contributed by atoms with Crippen molar-refractivity contribution in [1.82, 2.24) is 4.90 Å². The molecule has 0 radical (unpaired) electrons. The third kappa shape index (κ3) is 4.66. The van der Waals surface area contributed by atoms with E-state index in [1.165, 1.54) is 0 Å². The summed E-state index contributed by atoms with van der Waals surface area (Å²) in [7, 11) is 1.61. The third-order valence-corrected chi connectivity index (χ3v) is 5.28. The average molecular weight is 409 g/mol. The first-order chi connectivity index (χ1) is 14.5. The maximum Gasteiger partial charge on any atom is 0.344 e. The van der Waals surface area contributed by atoms with Gasteiger partial charge in [-0.1, -0.05) is 12.1 Å². The van der Waals surface area contributed by atoms with Crippen LogP contribution in [0.2, 0.25) is 0 Å². The molecule has 0 amide bonds. The van der Waals surface area contributed by atoms with E-state index in [1.807, 2.05) is 42.5 Å². The van der Waals surface area contributed by atoms with Crippen LogP contribution in [-0.4, -0.2) is 50.5 Å². The summed E-state index contributed by atoms with van der Waals surface area (Å²) >= 11 is 0. The van der Waals surface area contributed by atoms with E-state index in [1.54, 1.807) is 13.2 Å². The molecule has 1 fully saturated rings. The van der Waals surface area contributed by atoms with Crippen LogP contribution in [0.5, 0.6) is 11.5 Å². The maximum atomic E-state index is 12.5. The molecule has 30 heavy (non-hydrogen) atoms. The van der Waals surface area contributed by atoms with Gasteiger partial charge in [0.05, 0.1) is 24.9 Å². The first-order valence-corrected chi connectivity index (χ1v) is 10.2. The van der Waals surface area contributed by atoms with Gasteiger partial charge in [0.25, 0.3) is 0 Å². The quantitative estimate of drug-likeness (QED) is 0.575. The number of benzene rings is 2. The molecular formula is C24H27NO5. The second-order valence-electron chi connectivity index (χ2n) is 7.74. The van der Waals surface area contributed by atoms with Gasteiger partial charge in [-0.2, -0.15) is 0 Å². The second-order valence-corrected chi connectivity index (χ2v) is 7.74. The van der Waals surface area contributed by atoms with E-state index in [4.69, 9.17) is 18.6 Å². The molecule has 1 aliphatic heterocycles. The van der Waals surface area contributed by atoms with E-state index in [-0.39, 0.29) is 17.8 Å². The molecular weight excluding hydrogens is 382 g/mol. The van der Waals surface area contributed by atoms with Gasteiger partial charge in [0.15, 0.2) is 0 Å². The lowest BCUT2D eigenvalue weighted by Crippen LogP contribution is -2.46. The Bertz CT molecular complexity index is 1050. The lowest BCUT2D eigenvalue weighted by molar-refractivity contribution is -0.0699. The molecule has 2 aromatic carbocycles. The van der Waals surface area contributed by atoms with Gasteiger partial charge in [-0.25, -0.2) is 4.79 Å². The fourth-order valence-electron chi connectivity index (χ4n) is 3.91. The van der Waals surface area contributed by atoms with Crippen LogP contribution in [0.15, 0.2) is 57.7 Å². The number of methoxy groups -OCH3 is 1. The molecule has 0 bridgehead atoms. The summed E-state index contributed by atoms with van der Waals surface area (Å²) < 4.78 is 22.4. The summed E-state index contributed by atoms with van der Waals surface area (Å²) in [5, 5.41) is 0.851.